The van der Waals surface area contributed by atoms with Crippen LogP contribution in [0.3, 0.4) is 0 Å². The topological polar surface area (TPSA) is 45.2 Å². The number of anilines is 1. The van der Waals surface area contributed by atoms with Crippen LogP contribution in [0.1, 0.15) is 61.7 Å². The van der Waals surface area contributed by atoms with Gasteiger partial charge in [0.1, 0.15) is 0 Å². The fourth-order valence-electron chi connectivity index (χ4n) is 6.27. The molecule has 1 aromatic rings. The van der Waals surface area contributed by atoms with E-state index >= 15 is 0 Å². The minimum atomic E-state index is 0.0869. The van der Waals surface area contributed by atoms with Crippen LogP contribution in [-0.2, 0) is 0 Å². The zero-order valence-electron chi connectivity index (χ0n) is 15.0. The normalized spacial score (nSPS) is 36.5. The monoisotopic (exact) mass is 339 g/mol. The van der Waals surface area contributed by atoms with E-state index in [2.05, 4.69) is 15.2 Å². The molecule has 6 rings (SSSR count). The SMILES string of the molecule is O=C(NC1C2CC3CC(C2)CC1C3)c1cncc(N2CCCCC2)c1. The van der Waals surface area contributed by atoms with Gasteiger partial charge in [0.15, 0.2) is 0 Å². The molecule has 4 saturated carbocycles. The Hall–Kier alpha value is -1.58. The van der Waals surface area contributed by atoms with Gasteiger partial charge >= 0.3 is 0 Å². The predicted molar refractivity (Wildman–Crippen MR) is 98.6 cm³/mol. The van der Waals surface area contributed by atoms with Gasteiger partial charge in [0.25, 0.3) is 5.91 Å². The van der Waals surface area contributed by atoms with Gasteiger partial charge in [-0.15, -0.1) is 0 Å². The van der Waals surface area contributed by atoms with Crippen LogP contribution in [0.5, 0.6) is 0 Å². The minimum absolute atomic E-state index is 0.0869. The maximum absolute atomic E-state index is 12.9. The number of aromatic nitrogens is 1. The molecule has 1 aliphatic heterocycles. The average Bonchev–Trinajstić information content (AvgIpc) is 2.65. The summed E-state index contributed by atoms with van der Waals surface area (Å²) in [5.41, 5.74) is 1.84. The zero-order valence-corrected chi connectivity index (χ0v) is 15.0. The van der Waals surface area contributed by atoms with Gasteiger partial charge in [-0.2, -0.15) is 0 Å². The van der Waals surface area contributed by atoms with Crippen LogP contribution in [0.25, 0.3) is 0 Å². The number of nitrogens with zero attached hydrogens (tertiary/aromatic N) is 2. The Morgan fingerprint density at radius 1 is 0.960 bits per heavy atom. The lowest BCUT2D eigenvalue weighted by atomic mass is 9.54. The number of nitrogens with one attached hydrogen (secondary N) is 1. The summed E-state index contributed by atoms with van der Waals surface area (Å²) in [5.74, 6) is 3.42. The van der Waals surface area contributed by atoms with Gasteiger partial charge in [-0.1, -0.05) is 0 Å². The predicted octanol–water partition coefficient (Wildman–Crippen LogP) is 3.63. The number of piperidine rings is 1. The molecule has 5 aliphatic rings. The third kappa shape index (κ3) is 2.94. The second kappa shape index (κ2) is 6.30. The van der Waals surface area contributed by atoms with Crippen LogP contribution in [0.4, 0.5) is 5.69 Å². The summed E-state index contributed by atoms with van der Waals surface area (Å²) < 4.78 is 0. The second-order valence-electron chi connectivity index (χ2n) is 8.91. The standard InChI is InChI=1S/C21H29N3O/c25-21(18-11-19(13-22-12-18)24-4-2-1-3-5-24)23-20-16-7-14-6-15(9-16)10-17(20)8-14/h11-17,20H,1-10H2,(H,23,25). The Bertz CT molecular complexity index is 624. The first kappa shape index (κ1) is 15.7. The van der Waals surface area contributed by atoms with Crippen LogP contribution in [0.15, 0.2) is 18.5 Å². The Morgan fingerprint density at radius 2 is 1.64 bits per heavy atom. The smallest absolute Gasteiger partial charge is 0.253 e. The van der Waals surface area contributed by atoms with E-state index in [4.69, 9.17) is 0 Å². The van der Waals surface area contributed by atoms with E-state index < -0.39 is 0 Å². The maximum Gasteiger partial charge on any atom is 0.253 e. The van der Waals surface area contributed by atoms with E-state index in [1.165, 1.54) is 51.4 Å². The highest BCUT2D eigenvalue weighted by Gasteiger charge is 2.48. The summed E-state index contributed by atoms with van der Waals surface area (Å²) in [6.07, 6.45) is 14.2. The Labute approximate surface area is 150 Å². The van der Waals surface area contributed by atoms with Gasteiger partial charge < -0.3 is 10.2 Å². The molecule has 2 heterocycles. The zero-order chi connectivity index (χ0) is 16.8. The van der Waals surface area contributed by atoms with Crippen LogP contribution in [0, 0.1) is 23.7 Å². The maximum atomic E-state index is 12.9. The minimum Gasteiger partial charge on any atom is -0.370 e. The lowest BCUT2D eigenvalue weighted by Crippen LogP contribution is -2.55. The molecule has 4 nitrogen and oxygen atoms in total. The van der Waals surface area contributed by atoms with Gasteiger partial charge in [-0.05, 0) is 81.1 Å². The molecule has 0 spiro atoms. The molecule has 1 aromatic heterocycles. The van der Waals surface area contributed by atoms with Gasteiger partial charge in [-0.25, -0.2) is 0 Å². The van der Waals surface area contributed by atoms with Crippen molar-refractivity contribution >= 4 is 11.6 Å². The highest BCUT2D eigenvalue weighted by atomic mass is 16.1. The summed E-state index contributed by atoms with van der Waals surface area (Å²) in [7, 11) is 0. The molecule has 0 unspecified atom stereocenters. The molecule has 1 amide bonds. The lowest BCUT2D eigenvalue weighted by molar-refractivity contribution is -0.0119. The second-order valence-corrected chi connectivity index (χ2v) is 8.91. The molecule has 25 heavy (non-hydrogen) atoms. The third-order valence-corrected chi connectivity index (χ3v) is 7.23. The quantitative estimate of drug-likeness (QED) is 0.915. The molecule has 4 heteroatoms. The van der Waals surface area contributed by atoms with E-state index in [0.717, 1.165) is 48.0 Å². The summed E-state index contributed by atoms with van der Waals surface area (Å²) in [6, 6.07) is 2.45. The van der Waals surface area contributed by atoms with Crippen LogP contribution >= 0.6 is 0 Å². The van der Waals surface area contributed by atoms with E-state index in [-0.39, 0.29) is 5.91 Å². The van der Waals surface area contributed by atoms with Crippen molar-refractivity contribution < 1.29 is 4.79 Å². The molecule has 4 bridgehead atoms. The van der Waals surface area contributed by atoms with Crippen molar-refractivity contribution in [1.82, 2.24) is 10.3 Å². The summed E-state index contributed by atoms with van der Waals surface area (Å²) in [4.78, 5) is 19.6. The molecule has 1 N–H and O–H groups in total. The van der Waals surface area contributed by atoms with Crippen LogP contribution in [0.2, 0.25) is 0 Å². The fraction of sp³-hybridized carbons (Fsp3) is 0.714. The Morgan fingerprint density at radius 3 is 2.32 bits per heavy atom. The number of carbonyl (C=O) groups excluding carboxylic acids is 1. The molecule has 5 fully saturated rings. The number of amides is 1. The fourth-order valence-corrected chi connectivity index (χ4v) is 6.27. The Balaban J connectivity index is 1.30. The lowest BCUT2D eigenvalue weighted by Gasteiger charge is -2.54. The number of pyridine rings is 1. The van der Waals surface area contributed by atoms with Gasteiger partial charge in [-0.3, -0.25) is 9.78 Å². The number of carbonyl (C=O) groups is 1. The number of hydrogen-bond acceptors (Lipinski definition) is 3. The highest BCUT2D eigenvalue weighted by molar-refractivity contribution is 5.95. The van der Waals surface area contributed by atoms with Crippen molar-refractivity contribution in [3.8, 4) is 0 Å². The van der Waals surface area contributed by atoms with E-state index in [0.29, 0.717) is 6.04 Å². The van der Waals surface area contributed by atoms with Crippen molar-refractivity contribution in [1.29, 1.82) is 0 Å². The van der Waals surface area contributed by atoms with E-state index in [1.54, 1.807) is 6.20 Å². The molecule has 134 valence electrons. The molecule has 0 atom stereocenters. The number of hydrogen-bond donors (Lipinski definition) is 1. The van der Waals surface area contributed by atoms with Gasteiger partial charge in [0.2, 0.25) is 0 Å². The van der Waals surface area contributed by atoms with Crippen molar-refractivity contribution in [2.24, 2.45) is 23.7 Å². The molecule has 0 aromatic carbocycles. The van der Waals surface area contributed by atoms with E-state index in [1.807, 2.05) is 12.3 Å². The van der Waals surface area contributed by atoms with Gasteiger partial charge in [0.05, 0.1) is 17.4 Å². The summed E-state index contributed by atoms with van der Waals surface area (Å²) >= 11 is 0. The first-order valence-electron chi connectivity index (χ1n) is 10.3. The molecule has 0 radical (unpaired) electrons. The van der Waals surface area contributed by atoms with Crippen LogP contribution in [-0.4, -0.2) is 30.0 Å². The first-order chi connectivity index (χ1) is 12.3. The van der Waals surface area contributed by atoms with Crippen molar-refractivity contribution in [3.05, 3.63) is 24.0 Å². The molecule has 4 aliphatic carbocycles. The van der Waals surface area contributed by atoms with E-state index in [9.17, 15) is 4.79 Å². The first-order valence-corrected chi connectivity index (χ1v) is 10.3. The van der Waals surface area contributed by atoms with Crippen LogP contribution < -0.4 is 10.2 Å². The molecule has 1 saturated heterocycles. The van der Waals surface area contributed by atoms with Crippen molar-refractivity contribution in [2.75, 3.05) is 18.0 Å². The molecular weight excluding hydrogens is 310 g/mol. The van der Waals surface area contributed by atoms with Crippen molar-refractivity contribution in [2.45, 2.75) is 57.4 Å². The largest absolute Gasteiger partial charge is 0.370 e. The molecular formula is C21H29N3O. The number of rotatable bonds is 3. The average molecular weight is 339 g/mol. The van der Waals surface area contributed by atoms with Gasteiger partial charge in [0, 0.05) is 25.3 Å². The summed E-state index contributed by atoms with van der Waals surface area (Å²) in [5, 5.41) is 3.41. The summed E-state index contributed by atoms with van der Waals surface area (Å²) in [6.45, 7) is 2.17. The highest BCUT2D eigenvalue weighted by Crippen LogP contribution is 2.53. The van der Waals surface area contributed by atoms with Crippen molar-refractivity contribution in [3.63, 3.8) is 0 Å². The Kier molecular flexibility index (Phi) is 3.94. The third-order valence-electron chi connectivity index (χ3n) is 7.23.